The second-order valence-corrected chi connectivity index (χ2v) is 7.83. The first-order valence-electron chi connectivity index (χ1n) is 9.44. The standard InChI is InChI=1S/C23H25F3O5/c1-12-19(21(28)29)13(2)22(3,4)15(20(12)31-6)8-9-17(27)14-7-10-18(30-5)16(11-14)23(24,25)26/h7-11,15H,1-6H3,(H,28,29). The average Bonchev–Trinajstić information content (AvgIpc) is 2.68. The van der Waals surface area contributed by atoms with Gasteiger partial charge >= 0.3 is 12.1 Å². The Morgan fingerprint density at radius 2 is 1.74 bits per heavy atom. The minimum absolute atomic E-state index is 0.142. The van der Waals surface area contributed by atoms with Crippen molar-refractivity contribution < 1.29 is 37.3 Å². The largest absolute Gasteiger partial charge is 0.500 e. The highest BCUT2D eigenvalue weighted by molar-refractivity contribution is 6.04. The number of methoxy groups -OCH3 is 2. The number of alkyl halides is 3. The lowest BCUT2D eigenvalue weighted by Gasteiger charge is -2.40. The van der Waals surface area contributed by atoms with Crippen molar-refractivity contribution in [3.05, 3.63) is 64.0 Å². The fraction of sp³-hybridized carbons (Fsp3) is 0.391. The fourth-order valence-corrected chi connectivity index (χ4v) is 3.81. The number of allylic oxidation sites excluding steroid dienone is 3. The summed E-state index contributed by atoms with van der Waals surface area (Å²) in [6.07, 6.45) is -1.93. The number of carboxylic acids is 1. The Balaban J connectivity index is 2.48. The molecule has 0 aromatic heterocycles. The first-order chi connectivity index (χ1) is 14.3. The van der Waals surface area contributed by atoms with Crippen LogP contribution in [0.1, 0.15) is 43.6 Å². The van der Waals surface area contributed by atoms with Crippen LogP contribution in [0, 0.1) is 11.3 Å². The van der Waals surface area contributed by atoms with E-state index < -0.39 is 34.8 Å². The predicted octanol–water partition coefficient (Wildman–Crippen LogP) is 5.43. The Morgan fingerprint density at radius 3 is 2.23 bits per heavy atom. The van der Waals surface area contributed by atoms with E-state index in [9.17, 15) is 27.9 Å². The zero-order valence-electron chi connectivity index (χ0n) is 18.2. The Hall–Kier alpha value is -3.03. The number of ether oxygens (including phenoxy) is 2. The van der Waals surface area contributed by atoms with Crippen LogP contribution in [0.25, 0.3) is 0 Å². The molecule has 5 nitrogen and oxygen atoms in total. The van der Waals surface area contributed by atoms with Crippen LogP contribution in [0.3, 0.4) is 0 Å². The average molecular weight is 438 g/mol. The van der Waals surface area contributed by atoms with Gasteiger partial charge in [-0.3, -0.25) is 4.79 Å². The van der Waals surface area contributed by atoms with Crippen molar-refractivity contribution in [1.82, 2.24) is 0 Å². The normalized spacial score (nSPS) is 19.1. The molecule has 1 aliphatic rings. The van der Waals surface area contributed by atoms with Gasteiger partial charge in [0.2, 0.25) is 0 Å². The number of halogens is 3. The lowest BCUT2D eigenvalue weighted by molar-refractivity contribution is -0.138. The topological polar surface area (TPSA) is 72.8 Å². The van der Waals surface area contributed by atoms with Crippen LogP contribution >= 0.6 is 0 Å². The van der Waals surface area contributed by atoms with Gasteiger partial charge in [0, 0.05) is 17.1 Å². The van der Waals surface area contributed by atoms with E-state index in [1.165, 1.54) is 19.3 Å². The molecule has 1 aliphatic carbocycles. The van der Waals surface area contributed by atoms with Crippen molar-refractivity contribution in [1.29, 1.82) is 0 Å². The van der Waals surface area contributed by atoms with Gasteiger partial charge in [-0.1, -0.05) is 25.5 Å². The molecule has 0 radical (unpaired) electrons. The second-order valence-electron chi connectivity index (χ2n) is 7.83. The summed E-state index contributed by atoms with van der Waals surface area (Å²) in [5, 5.41) is 9.59. The van der Waals surface area contributed by atoms with E-state index in [1.54, 1.807) is 19.9 Å². The summed E-state index contributed by atoms with van der Waals surface area (Å²) in [7, 11) is 2.54. The number of hydrogen-bond donors (Lipinski definition) is 1. The third-order valence-electron chi connectivity index (χ3n) is 5.81. The molecule has 0 amide bonds. The maximum atomic E-state index is 13.3. The van der Waals surface area contributed by atoms with Crippen molar-refractivity contribution in [2.45, 2.75) is 33.9 Å². The van der Waals surface area contributed by atoms with Gasteiger partial charge in [-0.15, -0.1) is 0 Å². The van der Waals surface area contributed by atoms with Crippen molar-refractivity contribution >= 4 is 11.8 Å². The molecule has 1 unspecified atom stereocenters. The number of benzene rings is 1. The van der Waals surface area contributed by atoms with Gasteiger partial charge in [0.25, 0.3) is 0 Å². The smallest absolute Gasteiger partial charge is 0.419 e. The van der Waals surface area contributed by atoms with E-state index >= 15 is 0 Å². The van der Waals surface area contributed by atoms with Gasteiger partial charge in [0.1, 0.15) is 11.5 Å². The fourth-order valence-electron chi connectivity index (χ4n) is 3.81. The predicted molar refractivity (Wildman–Crippen MR) is 109 cm³/mol. The minimum Gasteiger partial charge on any atom is -0.500 e. The van der Waals surface area contributed by atoms with E-state index in [-0.39, 0.29) is 16.9 Å². The Bertz CT molecular complexity index is 997. The van der Waals surface area contributed by atoms with E-state index in [1.807, 2.05) is 13.8 Å². The molecule has 8 heteroatoms. The summed E-state index contributed by atoms with van der Waals surface area (Å²) < 4.78 is 50.0. The van der Waals surface area contributed by atoms with Crippen molar-refractivity contribution in [3.8, 4) is 5.75 Å². The molecule has 1 aromatic rings. The van der Waals surface area contributed by atoms with Gasteiger partial charge in [-0.2, -0.15) is 13.2 Å². The van der Waals surface area contributed by atoms with Gasteiger partial charge in [0.15, 0.2) is 5.78 Å². The number of ketones is 1. The molecule has 0 saturated carbocycles. The van der Waals surface area contributed by atoms with E-state index in [0.717, 1.165) is 19.2 Å². The van der Waals surface area contributed by atoms with Crippen LogP contribution < -0.4 is 4.74 Å². The van der Waals surface area contributed by atoms with Crippen LogP contribution in [-0.2, 0) is 15.7 Å². The monoisotopic (exact) mass is 438 g/mol. The lowest BCUT2D eigenvalue weighted by Crippen LogP contribution is -2.33. The highest BCUT2D eigenvalue weighted by Crippen LogP contribution is 2.48. The van der Waals surface area contributed by atoms with E-state index in [2.05, 4.69) is 0 Å². The molecule has 0 bridgehead atoms. The quantitative estimate of drug-likeness (QED) is 0.474. The van der Waals surface area contributed by atoms with E-state index in [4.69, 9.17) is 9.47 Å². The summed E-state index contributed by atoms with van der Waals surface area (Å²) in [6.45, 7) is 6.99. The number of carbonyl (C=O) groups is 2. The number of hydrogen-bond acceptors (Lipinski definition) is 4. The highest BCUT2D eigenvalue weighted by atomic mass is 19.4. The van der Waals surface area contributed by atoms with Crippen molar-refractivity contribution in [3.63, 3.8) is 0 Å². The number of rotatable bonds is 6. The second kappa shape index (κ2) is 8.61. The molecular weight excluding hydrogens is 413 g/mol. The van der Waals surface area contributed by atoms with Gasteiger partial charge < -0.3 is 14.6 Å². The first kappa shape index (κ1) is 24.2. The summed E-state index contributed by atoms with van der Waals surface area (Å²) in [6, 6.07) is 3.12. The van der Waals surface area contributed by atoms with Crippen LogP contribution in [0.4, 0.5) is 13.2 Å². The van der Waals surface area contributed by atoms with Gasteiger partial charge in [-0.05, 0) is 43.5 Å². The molecule has 2 rings (SSSR count). The third-order valence-corrected chi connectivity index (χ3v) is 5.81. The molecule has 31 heavy (non-hydrogen) atoms. The maximum Gasteiger partial charge on any atom is 0.419 e. The molecule has 0 aliphatic heterocycles. The molecule has 1 atom stereocenters. The summed E-state index contributed by atoms with van der Waals surface area (Å²) in [5.74, 6) is -2.16. The Morgan fingerprint density at radius 1 is 1.13 bits per heavy atom. The maximum absolute atomic E-state index is 13.3. The molecular formula is C23H25F3O5. The van der Waals surface area contributed by atoms with Gasteiger partial charge in [0.05, 0.1) is 25.4 Å². The third kappa shape index (κ3) is 4.52. The molecule has 0 spiro atoms. The highest BCUT2D eigenvalue weighted by Gasteiger charge is 2.41. The number of carboxylic acid groups (broad SMARTS) is 1. The molecule has 0 saturated heterocycles. The molecule has 0 fully saturated rings. The van der Waals surface area contributed by atoms with Crippen LogP contribution in [0.5, 0.6) is 5.75 Å². The Labute approximate surface area is 178 Å². The number of carbonyl (C=O) groups excluding carboxylic acids is 1. The zero-order valence-corrected chi connectivity index (χ0v) is 18.2. The summed E-state index contributed by atoms with van der Waals surface area (Å²) in [4.78, 5) is 24.4. The molecule has 1 N–H and O–H groups in total. The number of aliphatic carboxylic acids is 1. The first-order valence-corrected chi connectivity index (χ1v) is 9.44. The molecule has 0 heterocycles. The summed E-state index contributed by atoms with van der Waals surface area (Å²) >= 11 is 0. The van der Waals surface area contributed by atoms with Crippen molar-refractivity contribution in [2.24, 2.45) is 11.3 Å². The van der Waals surface area contributed by atoms with Crippen LogP contribution in [0.15, 0.2) is 52.8 Å². The minimum atomic E-state index is -4.67. The van der Waals surface area contributed by atoms with Crippen molar-refractivity contribution in [2.75, 3.05) is 14.2 Å². The molecule has 168 valence electrons. The molecule has 1 aromatic carbocycles. The van der Waals surface area contributed by atoms with E-state index in [0.29, 0.717) is 16.9 Å². The van der Waals surface area contributed by atoms with Crippen LogP contribution in [0.2, 0.25) is 0 Å². The lowest BCUT2D eigenvalue weighted by atomic mass is 9.66. The zero-order chi connectivity index (χ0) is 23.7. The SMILES string of the molecule is COC1=C(C)C(C(=O)O)=C(C)C(C)(C)C1C=CC(=O)c1ccc(OC)c(C(F)(F)F)c1. The summed E-state index contributed by atoms with van der Waals surface area (Å²) in [5.41, 5.74) is -0.668. The van der Waals surface area contributed by atoms with Gasteiger partial charge in [-0.25, -0.2) is 4.79 Å². The Kier molecular flexibility index (Phi) is 6.73. The van der Waals surface area contributed by atoms with Crippen LogP contribution in [-0.4, -0.2) is 31.1 Å².